The Kier molecular flexibility index (Phi) is 11.8. The average Bonchev–Trinajstić information content (AvgIpc) is 2.65. The van der Waals surface area contributed by atoms with Crippen LogP contribution in [0.4, 0.5) is 13.2 Å². The first-order chi connectivity index (χ1) is 13.0. The Bertz CT molecular complexity index is 577. The molecule has 160 valence electrons. The zero-order chi connectivity index (χ0) is 19.5. The molecule has 1 fully saturated rings. The van der Waals surface area contributed by atoms with Gasteiger partial charge in [-0.15, -0.1) is 24.0 Å². The maximum atomic E-state index is 12.2. The Morgan fingerprint density at radius 2 is 1.79 bits per heavy atom. The molecule has 0 atom stereocenters. The third-order valence-electron chi connectivity index (χ3n) is 4.14. The molecular weight excluding hydrogens is 486 g/mol. The number of ether oxygens (including phenoxy) is 2. The van der Waals surface area contributed by atoms with Crippen LogP contribution in [0.2, 0.25) is 0 Å². The summed E-state index contributed by atoms with van der Waals surface area (Å²) in [6.45, 7) is 4.73. The molecule has 0 radical (unpaired) electrons. The van der Waals surface area contributed by atoms with Gasteiger partial charge in [-0.2, -0.15) is 13.2 Å². The van der Waals surface area contributed by atoms with Crippen molar-refractivity contribution in [3.63, 3.8) is 0 Å². The molecular formula is C19H29F3IN3O2. The van der Waals surface area contributed by atoms with E-state index < -0.39 is 12.6 Å². The highest BCUT2D eigenvalue weighted by Crippen LogP contribution is 2.18. The number of halogens is 4. The van der Waals surface area contributed by atoms with E-state index in [1.165, 1.54) is 0 Å². The Morgan fingerprint density at radius 3 is 2.39 bits per heavy atom. The first-order valence-electron chi connectivity index (χ1n) is 9.32. The van der Waals surface area contributed by atoms with Gasteiger partial charge in [-0.3, -0.25) is 0 Å². The highest BCUT2D eigenvalue weighted by atomic mass is 127. The monoisotopic (exact) mass is 515 g/mol. The quantitative estimate of drug-likeness (QED) is 0.312. The van der Waals surface area contributed by atoms with Gasteiger partial charge in [0.1, 0.15) is 0 Å². The number of aliphatic imine (C=N–C) groups is 1. The number of rotatable bonds is 8. The normalized spacial score (nSPS) is 15.8. The molecule has 1 aliphatic heterocycles. The molecule has 0 bridgehead atoms. The van der Waals surface area contributed by atoms with Gasteiger partial charge in [0.2, 0.25) is 0 Å². The van der Waals surface area contributed by atoms with Crippen LogP contribution in [0.3, 0.4) is 0 Å². The first kappa shape index (κ1) is 25.0. The summed E-state index contributed by atoms with van der Waals surface area (Å²) >= 11 is 0. The van der Waals surface area contributed by atoms with Gasteiger partial charge in [0.25, 0.3) is 0 Å². The van der Waals surface area contributed by atoms with Crippen LogP contribution in [-0.2, 0) is 22.6 Å². The van der Waals surface area contributed by atoms with Crippen molar-refractivity contribution in [2.24, 2.45) is 4.99 Å². The average molecular weight is 515 g/mol. The summed E-state index contributed by atoms with van der Waals surface area (Å²) in [6, 6.07) is 7.92. The van der Waals surface area contributed by atoms with Crippen molar-refractivity contribution < 1.29 is 22.6 Å². The van der Waals surface area contributed by atoms with E-state index in [9.17, 15) is 13.2 Å². The fourth-order valence-electron chi connectivity index (χ4n) is 2.63. The van der Waals surface area contributed by atoms with Crippen LogP contribution in [0.1, 0.15) is 37.3 Å². The second-order valence-corrected chi connectivity index (χ2v) is 6.43. The molecule has 1 aromatic rings. The Morgan fingerprint density at radius 1 is 1.14 bits per heavy atom. The van der Waals surface area contributed by atoms with Crippen molar-refractivity contribution in [1.82, 2.24) is 10.6 Å². The molecule has 0 unspecified atom stereocenters. The van der Waals surface area contributed by atoms with Crippen molar-refractivity contribution in [3.05, 3.63) is 35.4 Å². The molecule has 2 rings (SSSR count). The molecule has 2 N–H and O–H groups in total. The van der Waals surface area contributed by atoms with E-state index in [0.29, 0.717) is 25.7 Å². The standard InChI is InChI=1S/C19H28F3N3O2.HI/c1-2-23-18(24-10-9-19(20,21)22)25-13-15-3-5-16(6-4-15)14-27-17-7-11-26-12-8-17;/h3-6,17H,2,7-14H2,1H3,(H2,23,24,25);1H. The maximum absolute atomic E-state index is 12.2. The van der Waals surface area contributed by atoms with Gasteiger partial charge in [0, 0.05) is 26.3 Å². The Hall–Kier alpha value is -1.07. The molecule has 0 spiro atoms. The van der Waals surface area contributed by atoms with Gasteiger partial charge < -0.3 is 20.1 Å². The Balaban J connectivity index is 0.00000392. The van der Waals surface area contributed by atoms with Gasteiger partial charge in [0.15, 0.2) is 5.96 Å². The molecule has 0 aromatic heterocycles. The van der Waals surface area contributed by atoms with Crippen LogP contribution in [-0.4, -0.2) is 44.5 Å². The van der Waals surface area contributed by atoms with E-state index in [4.69, 9.17) is 9.47 Å². The molecule has 0 saturated carbocycles. The molecule has 28 heavy (non-hydrogen) atoms. The topological polar surface area (TPSA) is 54.9 Å². The summed E-state index contributed by atoms with van der Waals surface area (Å²) in [7, 11) is 0. The summed E-state index contributed by atoms with van der Waals surface area (Å²) in [6.07, 6.45) is -2.94. The van der Waals surface area contributed by atoms with Crippen LogP contribution in [0.15, 0.2) is 29.3 Å². The summed E-state index contributed by atoms with van der Waals surface area (Å²) in [5.74, 6) is 0.383. The smallest absolute Gasteiger partial charge is 0.381 e. The van der Waals surface area contributed by atoms with Crippen LogP contribution >= 0.6 is 24.0 Å². The van der Waals surface area contributed by atoms with Crippen molar-refractivity contribution in [3.8, 4) is 0 Å². The van der Waals surface area contributed by atoms with E-state index in [2.05, 4.69) is 15.6 Å². The number of alkyl halides is 3. The zero-order valence-corrected chi connectivity index (χ0v) is 18.4. The predicted molar refractivity (Wildman–Crippen MR) is 114 cm³/mol. The van der Waals surface area contributed by atoms with Crippen LogP contribution in [0.25, 0.3) is 0 Å². The molecule has 5 nitrogen and oxygen atoms in total. The van der Waals surface area contributed by atoms with Gasteiger partial charge >= 0.3 is 6.18 Å². The lowest BCUT2D eigenvalue weighted by molar-refractivity contribution is -0.132. The molecule has 1 aliphatic rings. The molecule has 1 saturated heterocycles. The summed E-state index contributed by atoms with van der Waals surface area (Å²) in [5, 5.41) is 5.65. The fourth-order valence-corrected chi connectivity index (χ4v) is 2.63. The fraction of sp³-hybridized carbons (Fsp3) is 0.632. The van der Waals surface area contributed by atoms with Gasteiger partial charge in [-0.1, -0.05) is 24.3 Å². The van der Waals surface area contributed by atoms with Gasteiger partial charge in [-0.25, -0.2) is 4.99 Å². The predicted octanol–water partition coefficient (Wildman–Crippen LogP) is 4.01. The van der Waals surface area contributed by atoms with Crippen molar-refractivity contribution in [2.75, 3.05) is 26.3 Å². The second-order valence-electron chi connectivity index (χ2n) is 6.43. The number of benzene rings is 1. The van der Waals surface area contributed by atoms with Gasteiger partial charge in [-0.05, 0) is 30.9 Å². The van der Waals surface area contributed by atoms with E-state index >= 15 is 0 Å². The highest BCUT2D eigenvalue weighted by molar-refractivity contribution is 14.0. The lowest BCUT2D eigenvalue weighted by Crippen LogP contribution is -2.38. The first-order valence-corrected chi connectivity index (χ1v) is 9.32. The van der Waals surface area contributed by atoms with Crippen LogP contribution < -0.4 is 10.6 Å². The van der Waals surface area contributed by atoms with E-state index in [1.807, 2.05) is 31.2 Å². The molecule has 0 amide bonds. The minimum atomic E-state index is -4.17. The lowest BCUT2D eigenvalue weighted by atomic mass is 10.1. The molecule has 1 aromatic carbocycles. The molecule has 0 aliphatic carbocycles. The van der Waals surface area contributed by atoms with Gasteiger partial charge in [0.05, 0.1) is 25.7 Å². The Labute approximate surface area is 181 Å². The maximum Gasteiger partial charge on any atom is 0.390 e. The largest absolute Gasteiger partial charge is 0.390 e. The van der Waals surface area contributed by atoms with E-state index in [-0.39, 0.29) is 36.6 Å². The lowest BCUT2D eigenvalue weighted by Gasteiger charge is -2.22. The summed E-state index contributed by atoms with van der Waals surface area (Å²) in [5.41, 5.74) is 2.07. The number of nitrogens with one attached hydrogen (secondary N) is 2. The summed E-state index contributed by atoms with van der Waals surface area (Å²) < 4.78 is 47.9. The molecule has 1 heterocycles. The number of hydrogen-bond donors (Lipinski definition) is 2. The van der Waals surface area contributed by atoms with Crippen molar-refractivity contribution >= 4 is 29.9 Å². The number of nitrogens with zero attached hydrogens (tertiary/aromatic N) is 1. The minimum absolute atomic E-state index is 0. The second kappa shape index (κ2) is 13.2. The van der Waals surface area contributed by atoms with E-state index in [1.54, 1.807) is 0 Å². The summed E-state index contributed by atoms with van der Waals surface area (Å²) in [4.78, 5) is 4.33. The zero-order valence-electron chi connectivity index (χ0n) is 16.1. The van der Waals surface area contributed by atoms with Crippen LogP contribution in [0.5, 0.6) is 0 Å². The van der Waals surface area contributed by atoms with E-state index in [0.717, 1.165) is 37.2 Å². The third-order valence-corrected chi connectivity index (χ3v) is 4.14. The highest BCUT2D eigenvalue weighted by Gasteiger charge is 2.26. The number of hydrogen-bond acceptors (Lipinski definition) is 3. The van der Waals surface area contributed by atoms with Crippen LogP contribution in [0, 0.1) is 0 Å². The van der Waals surface area contributed by atoms with Crippen molar-refractivity contribution in [1.29, 1.82) is 0 Å². The minimum Gasteiger partial charge on any atom is -0.381 e. The van der Waals surface area contributed by atoms with Crippen molar-refractivity contribution in [2.45, 2.75) is 51.6 Å². The molecule has 9 heteroatoms. The SMILES string of the molecule is CCNC(=NCc1ccc(COC2CCOCC2)cc1)NCCC(F)(F)F.I. The third kappa shape index (κ3) is 10.5. The number of guanidine groups is 1.